The van der Waals surface area contributed by atoms with E-state index in [9.17, 15) is 4.79 Å². The molecule has 0 aliphatic carbocycles. The van der Waals surface area contributed by atoms with Crippen molar-refractivity contribution < 1.29 is 14.3 Å². The molecule has 1 saturated heterocycles. The summed E-state index contributed by atoms with van der Waals surface area (Å²) in [6.07, 6.45) is 4.59. The molecule has 0 radical (unpaired) electrons. The van der Waals surface area contributed by atoms with E-state index in [1.165, 1.54) is 0 Å². The van der Waals surface area contributed by atoms with Crippen LogP contribution in [0.15, 0.2) is 23.3 Å². The van der Waals surface area contributed by atoms with Crippen molar-refractivity contribution in [1.29, 1.82) is 0 Å². The van der Waals surface area contributed by atoms with Gasteiger partial charge in [-0.15, -0.1) is 24.0 Å². The summed E-state index contributed by atoms with van der Waals surface area (Å²) < 4.78 is 10.7. The molecule has 1 atom stereocenters. The fourth-order valence-electron chi connectivity index (χ4n) is 2.94. The number of hydrogen-bond donors (Lipinski definition) is 1. The highest BCUT2D eigenvalue weighted by atomic mass is 127. The summed E-state index contributed by atoms with van der Waals surface area (Å²) in [4.78, 5) is 22.8. The van der Waals surface area contributed by atoms with Gasteiger partial charge in [0.25, 0.3) is 0 Å². The third kappa shape index (κ3) is 7.51. The first-order valence-electron chi connectivity index (χ1n) is 9.37. The summed E-state index contributed by atoms with van der Waals surface area (Å²) in [5.74, 6) is 1.25. The number of hydrogen-bond acceptors (Lipinski definition) is 5. The minimum atomic E-state index is -0.112. The van der Waals surface area contributed by atoms with Crippen LogP contribution in [0.25, 0.3) is 0 Å². The van der Waals surface area contributed by atoms with Gasteiger partial charge in [-0.3, -0.25) is 9.79 Å². The van der Waals surface area contributed by atoms with Crippen molar-refractivity contribution in [2.75, 3.05) is 33.4 Å². The number of guanidine groups is 1. The van der Waals surface area contributed by atoms with Crippen LogP contribution < -0.4 is 10.1 Å². The molecule has 1 aromatic rings. The summed E-state index contributed by atoms with van der Waals surface area (Å²) in [5.41, 5.74) is 1.05. The van der Waals surface area contributed by atoms with E-state index in [2.05, 4.69) is 27.1 Å². The number of likely N-dealkylation sites (tertiary alicyclic amines) is 1. The molecule has 2 rings (SSSR count). The van der Waals surface area contributed by atoms with E-state index in [-0.39, 0.29) is 35.9 Å². The molecule has 8 heteroatoms. The third-order valence-electron chi connectivity index (χ3n) is 4.25. The number of carbonyl (C=O) groups excluding carboxylic acids is 1. The Morgan fingerprint density at radius 3 is 2.85 bits per heavy atom. The van der Waals surface area contributed by atoms with Gasteiger partial charge in [0, 0.05) is 38.9 Å². The minimum Gasteiger partial charge on any atom is -0.478 e. The summed E-state index contributed by atoms with van der Waals surface area (Å²) in [6.45, 7) is 7.15. The number of aliphatic imine (C=N–C) groups is 1. The highest BCUT2D eigenvalue weighted by molar-refractivity contribution is 14.0. The number of esters is 1. The van der Waals surface area contributed by atoms with Crippen LogP contribution in [0.4, 0.5) is 0 Å². The minimum absolute atomic E-state index is 0. The van der Waals surface area contributed by atoms with Gasteiger partial charge >= 0.3 is 5.97 Å². The number of nitrogens with zero attached hydrogens (tertiary/aromatic N) is 3. The van der Waals surface area contributed by atoms with Crippen molar-refractivity contribution in [3.05, 3.63) is 23.9 Å². The Morgan fingerprint density at radius 1 is 1.41 bits per heavy atom. The van der Waals surface area contributed by atoms with Crippen LogP contribution in [0.1, 0.15) is 38.7 Å². The van der Waals surface area contributed by atoms with E-state index in [4.69, 9.17) is 9.47 Å². The van der Waals surface area contributed by atoms with E-state index in [0.717, 1.165) is 37.3 Å². The maximum absolute atomic E-state index is 12.0. The lowest BCUT2D eigenvalue weighted by molar-refractivity contribution is -0.149. The summed E-state index contributed by atoms with van der Waals surface area (Å²) >= 11 is 0. The van der Waals surface area contributed by atoms with Crippen LogP contribution in [0.5, 0.6) is 5.88 Å². The Labute approximate surface area is 178 Å². The van der Waals surface area contributed by atoms with Gasteiger partial charge in [-0.1, -0.05) is 13.0 Å². The number of pyridine rings is 1. The van der Waals surface area contributed by atoms with Crippen molar-refractivity contribution in [3.8, 4) is 5.88 Å². The zero-order valence-electron chi connectivity index (χ0n) is 16.4. The van der Waals surface area contributed by atoms with Gasteiger partial charge in [-0.05, 0) is 31.7 Å². The first-order valence-corrected chi connectivity index (χ1v) is 9.37. The van der Waals surface area contributed by atoms with E-state index in [1.54, 1.807) is 7.05 Å². The number of halogens is 1. The molecule has 1 N–H and O–H groups in total. The number of nitrogens with one attached hydrogen (secondary N) is 1. The SMILES string of the molecule is CCCOc1ccc(CNC(=NC)N2CCCC(C(=O)OCC)C2)cn1.I. The lowest BCUT2D eigenvalue weighted by Gasteiger charge is -2.33. The standard InChI is InChI=1S/C19H30N4O3.HI/c1-4-11-26-17-9-8-15(12-21-17)13-22-19(20-3)23-10-6-7-16(14-23)18(24)25-5-2;/h8-9,12,16H,4-7,10-11,13-14H2,1-3H3,(H,20,22);1H. The summed E-state index contributed by atoms with van der Waals surface area (Å²) in [6, 6.07) is 3.88. The molecule has 1 fully saturated rings. The van der Waals surface area contributed by atoms with Gasteiger partial charge < -0.3 is 19.7 Å². The first kappa shape index (κ1) is 23.5. The van der Waals surface area contributed by atoms with Gasteiger partial charge in [-0.25, -0.2) is 4.98 Å². The van der Waals surface area contributed by atoms with Crippen LogP contribution in [-0.4, -0.2) is 55.2 Å². The molecule has 7 nitrogen and oxygen atoms in total. The first-order chi connectivity index (χ1) is 12.7. The lowest BCUT2D eigenvalue weighted by atomic mass is 9.98. The molecule has 0 saturated carbocycles. The van der Waals surface area contributed by atoms with Crippen molar-refractivity contribution in [1.82, 2.24) is 15.2 Å². The van der Waals surface area contributed by atoms with Crippen LogP contribution in [0.2, 0.25) is 0 Å². The molecule has 27 heavy (non-hydrogen) atoms. The maximum Gasteiger partial charge on any atom is 0.310 e. The Kier molecular flexibility index (Phi) is 11.1. The molecular formula is C19H31IN4O3. The number of carbonyl (C=O) groups is 1. The van der Waals surface area contributed by atoms with Gasteiger partial charge in [-0.2, -0.15) is 0 Å². The van der Waals surface area contributed by atoms with E-state index >= 15 is 0 Å². The average Bonchev–Trinajstić information content (AvgIpc) is 2.68. The van der Waals surface area contributed by atoms with Crippen LogP contribution in [-0.2, 0) is 16.1 Å². The molecule has 1 unspecified atom stereocenters. The molecule has 1 aromatic heterocycles. The third-order valence-corrected chi connectivity index (χ3v) is 4.25. The number of aromatic nitrogens is 1. The molecule has 0 amide bonds. The molecule has 2 heterocycles. The Balaban J connectivity index is 0.00000364. The van der Waals surface area contributed by atoms with Gasteiger partial charge in [0.05, 0.1) is 19.1 Å². The Bertz CT molecular complexity index is 595. The van der Waals surface area contributed by atoms with Crippen molar-refractivity contribution in [3.63, 3.8) is 0 Å². The zero-order chi connectivity index (χ0) is 18.8. The fourth-order valence-corrected chi connectivity index (χ4v) is 2.94. The van der Waals surface area contributed by atoms with Crippen molar-refractivity contribution in [2.24, 2.45) is 10.9 Å². The zero-order valence-corrected chi connectivity index (χ0v) is 18.8. The van der Waals surface area contributed by atoms with Gasteiger partial charge in [0.1, 0.15) is 0 Å². The molecular weight excluding hydrogens is 459 g/mol. The number of ether oxygens (including phenoxy) is 2. The summed E-state index contributed by atoms with van der Waals surface area (Å²) in [7, 11) is 1.76. The van der Waals surface area contributed by atoms with Crippen molar-refractivity contribution >= 4 is 35.9 Å². The van der Waals surface area contributed by atoms with E-state index < -0.39 is 0 Å². The van der Waals surface area contributed by atoms with E-state index in [1.807, 2.05) is 25.3 Å². The number of piperidine rings is 1. The molecule has 0 aromatic carbocycles. The van der Waals surface area contributed by atoms with Crippen molar-refractivity contribution in [2.45, 2.75) is 39.7 Å². The Morgan fingerprint density at radius 2 is 2.22 bits per heavy atom. The predicted octanol–water partition coefficient (Wildman–Crippen LogP) is 2.84. The molecule has 0 spiro atoms. The second-order valence-electron chi connectivity index (χ2n) is 6.29. The molecule has 1 aliphatic rings. The Hall–Kier alpha value is -1.58. The normalized spacial score (nSPS) is 17.1. The van der Waals surface area contributed by atoms with Crippen LogP contribution in [0.3, 0.4) is 0 Å². The topological polar surface area (TPSA) is 76.0 Å². The van der Waals surface area contributed by atoms with Crippen LogP contribution in [0, 0.1) is 5.92 Å². The van der Waals surface area contributed by atoms with Gasteiger partial charge in [0.15, 0.2) is 5.96 Å². The monoisotopic (exact) mass is 490 g/mol. The smallest absolute Gasteiger partial charge is 0.310 e. The highest BCUT2D eigenvalue weighted by Crippen LogP contribution is 2.18. The fraction of sp³-hybridized carbons (Fsp3) is 0.632. The average molecular weight is 490 g/mol. The highest BCUT2D eigenvalue weighted by Gasteiger charge is 2.28. The quantitative estimate of drug-likeness (QED) is 0.274. The molecule has 152 valence electrons. The van der Waals surface area contributed by atoms with E-state index in [0.29, 0.717) is 32.2 Å². The summed E-state index contributed by atoms with van der Waals surface area (Å²) in [5, 5.41) is 3.35. The second kappa shape index (κ2) is 12.7. The lowest BCUT2D eigenvalue weighted by Crippen LogP contribution is -2.48. The van der Waals surface area contributed by atoms with Crippen LogP contribution >= 0.6 is 24.0 Å². The molecule has 1 aliphatic heterocycles. The predicted molar refractivity (Wildman–Crippen MR) is 117 cm³/mol. The maximum atomic E-state index is 12.0. The van der Waals surface area contributed by atoms with Gasteiger partial charge in [0.2, 0.25) is 5.88 Å². The largest absolute Gasteiger partial charge is 0.478 e. The molecule has 0 bridgehead atoms. The number of rotatable bonds is 7. The second-order valence-corrected chi connectivity index (χ2v) is 6.29.